The van der Waals surface area contributed by atoms with E-state index in [0.29, 0.717) is 0 Å². The van der Waals surface area contributed by atoms with Gasteiger partial charge in [0.2, 0.25) is 0 Å². The van der Waals surface area contributed by atoms with Crippen molar-refractivity contribution in [2.24, 2.45) is 0 Å². The zero-order valence-electron chi connectivity index (χ0n) is 9.33. The SMILES string of the molecule is CCc1[nH]c(=O)[nH]c1-c1cccc(OC)c1. The molecule has 0 saturated carbocycles. The summed E-state index contributed by atoms with van der Waals surface area (Å²) in [7, 11) is 1.62. The summed E-state index contributed by atoms with van der Waals surface area (Å²) in [5, 5.41) is 0. The van der Waals surface area contributed by atoms with Crippen molar-refractivity contribution in [2.75, 3.05) is 7.11 Å². The maximum Gasteiger partial charge on any atom is 0.323 e. The fraction of sp³-hybridized carbons (Fsp3) is 0.250. The highest BCUT2D eigenvalue weighted by atomic mass is 16.5. The van der Waals surface area contributed by atoms with E-state index in [4.69, 9.17) is 4.74 Å². The van der Waals surface area contributed by atoms with Crippen LogP contribution in [-0.2, 0) is 6.42 Å². The summed E-state index contributed by atoms with van der Waals surface area (Å²) >= 11 is 0. The Labute approximate surface area is 93.3 Å². The van der Waals surface area contributed by atoms with Crippen molar-refractivity contribution in [3.63, 3.8) is 0 Å². The first-order chi connectivity index (χ1) is 7.74. The van der Waals surface area contributed by atoms with Gasteiger partial charge in [0, 0.05) is 11.3 Å². The molecule has 2 N–H and O–H groups in total. The van der Waals surface area contributed by atoms with E-state index in [1.807, 2.05) is 31.2 Å². The summed E-state index contributed by atoms with van der Waals surface area (Å²) < 4.78 is 5.15. The van der Waals surface area contributed by atoms with E-state index in [-0.39, 0.29) is 5.69 Å². The molecule has 1 heterocycles. The number of H-pyrrole nitrogens is 2. The number of nitrogens with one attached hydrogen (secondary N) is 2. The Morgan fingerprint density at radius 1 is 1.31 bits per heavy atom. The van der Waals surface area contributed by atoms with Crippen LogP contribution in [0.1, 0.15) is 12.6 Å². The second-order valence-electron chi connectivity index (χ2n) is 3.52. The lowest BCUT2D eigenvalue weighted by Gasteiger charge is -2.04. The van der Waals surface area contributed by atoms with E-state index >= 15 is 0 Å². The standard InChI is InChI=1S/C12H14N2O2/c1-3-10-11(14-12(15)13-10)8-5-4-6-9(7-8)16-2/h4-7H,3H2,1-2H3,(H2,13,14,15). The summed E-state index contributed by atoms with van der Waals surface area (Å²) in [5.74, 6) is 0.779. The van der Waals surface area contributed by atoms with Crippen LogP contribution in [0.4, 0.5) is 0 Å². The van der Waals surface area contributed by atoms with Crippen LogP contribution in [0, 0.1) is 0 Å². The van der Waals surface area contributed by atoms with Gasteiger partial charge in [0.1, 0.15) is 5.75 Å². The predicted molar refractivity (Wildman–Crippen MR) is 62.8 cm³/mol. The number of benzene rings is 1. The lowest BCUT2D eigenvalue weighted by atomic mass is 10.1. The molecule has 0 radical (unpaired) electrons. The van der Waals surface area contributed by atoms with Crippen LogP contribution in [0.15, 0.2) is 29.1 Å². The molecule has 0 spiro atoms. The van der Waals surface area contributed by atoms with E-state index in [2.05, 4.69) is 9.97 Å². The molecule has 0 aliphatic rings. The topological polar surface area (TPSA) is 57.9 Å². The summed E-state index contributed by atoms with van der Waals surface area (Å²) in [5.41, 5.74) is 2.54. The van der Waals surface area contributed by atoms with Crippen LogP contribution in [0.3, 0.4) is 0 Å². The molecule has 4 nitrogen and oxygen atoms in total. The van der Waals surface area contributed by atoms with Crippen LogP contribution in [-0.4, -0.2) is 17.1 Å². The largest absolute Gasteiger partial charge is 0.497 e. The van der Waals surface area contributed by atoms with Crippen LogP contribution < -0.4 is 10.4 Å². The van der Waals surface area contributed by atoms with Gasteiger partial charge in [0.15, 0.2) is 0 Å². The highest BCUT2D eigenvalue weighted by molar-refractivity contribution is 5.63. The average Bonchev–Trinajstić information content (AvgIpc) is 2.70. The van der Waals surface area contributed by atoms with E-state index < -0.39 is 0 Å². The minimum atomic E-state index is -0.172. The monoisotopic (exact) mass is 218 g/mol. The summed E-state index contributed by atoms with van der Waals surface area (Å²) in [4.78, 5) is 16.8. The number of aryl methyl sites for hydroxylation is 1. The minimum Gasteiger partial charge on any atom is -0.497 e. The molecule has 84 valence electrons. The van der Waals surface area contributed by atoms with Gasteiger partial charge in [-0.05, 0) is 18.6 Å². The zero-order valence-corrected chi connectivity index (χ0v) is 9.33. The summed E-state index contributed by atoms with van der Waals surface area (Å²) in [6, 6.07) is 7.62. The number of methoxy groups -OCH3 is 1. The molecule has 0 amide bonds. The van der Waals surface area contributed by atoms with Gasteiger partial charge in [-0.3, -0.25) is 0 Å². The van der Waals surface area contributed by atoms with Gasteiger partial charge in [0.05, 0.1) is 12.8 Å². The van der Waals surface area contributed by atoms with Gasteiger partial charge in [-0.15, -0.1) is 0 Å². The van der Waals surface area contributed by atoms with Crippen LogP contribution in [0.25, 0.3) is 11.3 Å². The van der Waals surface area contributed by atoms with Crippen molar-refractivity contribution in [3.8, 4) is 17.0 Å². The van der Waals surface area contributed by atoms with Crippen molar-refractivity contribution < 1.29 is 4.74 Å². The number of aromatic nitrogens is 2. The molecule has 0 aliphatic carbocycles. The highest BCUT2D eigenvalue weighted by Gasteiger charge is 2.08. The second-order valence-corrected chi connectivity index (χ2v) is 3.52. The summed E-state index contributed by atoms with van der Waals surface area (Å²) in [6.07, 6.45) is 0.783. The number of imidazole rings is 1. The Kier molecular flexibility index (Phi) is 2.81. The molecule has 2 aromatic rings. The van der Waals surface area contributed by atoms with Crippen LogP contribution in [0.5, 0.6) is 5.75 Å². The molecule has 4 heteroatoms. The highest BCUT2D eigenvalue weighted by Crippen LogP contribution is 2.23. The molecule has 0 fully saturated rings. The first-order valence-corrected chi connectivity index (χ1v) is 5.20. The number of hydrogen-bond acceptors (Lipinski definition) is 2. The molecule has 16 heavy (non-hydrogen) atoms. The lowest BCUT2D eigenvalue weighted by Crippen LogP contribution is -2.00. The third-order valence-corrected chi connectivity index (χ3v) is 2.52. The quantitative estimate of drug-likeness (QED) is 0.827. The van der Waals surface area contributed by atoms with Gasteiger partial charge in [-0.2, -0.15) is 0 Å². The fourth-order valence-corrected chi connectivity index (χ4v) is 1.71. The lowest BCUT2D eigenvalue weighted by molar-refractivity contribution is 0.415. The van der Waals surface area contributed by atoms with Gasteiger partial charge in [-0.25, -0.2) is 4.79 Å². The number of ether oxygens (including phenoxy) is 1. The molecule has 1 aromatic heterocycles. The van der Waals surface area contributed by atoms with Gasteiger partial charge < -0.3 is 14.7 Å². The second kappa shape index (κ2) is 4.26. The Hall–Kier alpha value is -1.97. The Morgan fingerprint density at radius 2 is 2.12 bits per heavy atom. The zero-order chi connectivity index (χ0) is 11.5. The predicted octanol–water partition coefficient (Wildman–Crippen LogP) is 1.94. The number of rotatable bonds is 3. The minimum absolute atomic E-state index is 0.172. The van der Waals surface area contributed by atoms with E-state index in [9.17, 15) is 4.79 Å². The maximum absolute atomic E-state index is 11.3. The Bertz CT molecular complexity index is 540. The molecule has 0 saturated heterocycles. The normalized spacial score (nSPS) is 10.4. The Morgan fingerprint density at radius 3 is 2.81 bits per heavy atom. The molecule has 2 rings (SSSR count). The average molecular weight is 218 g/mol. The van der Waals surface area contributed by atoms with Gasteiger partial charge >= 0.3 is 5.69 Å². The van der Waals surface area contributed by atoms with Crippen molar-refractivity contribution in [1.29, 1.82) is 0 Å². The third-order valence-electron chi connectivity index (χ3n) is 2.52. The molecular formula is C12H14N2O2. The molecule has 0 aliphatic heterocycles. The van der Waals surface area contributed by atoms with Crippen molar-refractivity contribution in [3.05, 3.63) is 40.4 Å². The van der Waals surface area contributed by atoms with Gasteiger partial charge in [-0.1, -0.05) is 19.1 Å². The molecule has 0 bridgehead atoms. The van der Waals surface area contributed by atoms with Crippen molar-refractivity contribution >= 4 is 0 Å². The van der Waals surface area contributed by atoms with Crippen LogP contribution in [0.2, 0.25) is 0 Å². The number of hydrogen-bond donors (Lipinski definition) is 2. The first kappa shape index (κ1) is 10.5. The van der Waals surface area contributed by atoms with Crippen LogP contribution >= 0.6 is 0 Å². The molecule has 1 aromatic carbocycles. The smallest absolute Gasteiger partial charge is 0.323 e. The fourth-order valence-electron chi connectivity index (χ4n) is 1.71. The number of aromatic amines is 2. The van der Waals surface area contributed by atoms with Gasteiger partial charge in [0.25, 0.3) is 0 Å². The third kappa shape index (κ3) is 1.86. The van der Waals surface area contributed by atoms with Crippen molar-refractivity contribution in [2.45, 2.75) is 13.3 Å². The first-order valence-electron chi connectivity index (χ1n) is 5.20. The maximum atomic E-state index is 11.3. The molecule has 0 unspecified atom stereocenters. The van der Waals surface area contributed by atoms with Crippen molar-refractivity contribution in [1.82, 2.24) is 9.97 Å². The molecular weight excluding hydrogens is 204 g/mol. The van der Waals surface area contributed by atoms with E-state index in [1.54, 1.807) is 7.11 Å². The Balaban J connectivity index is 2.53. The van der Waals surface area contributed by atoms with E-state index in [1.165, 1.54) is 0 Å². The molecule has 0 atom stereocenters. The summed E-state index contributed by atoms with van der Waals surface area (Å²) in [6.45, 7) is 2.00. The van der Waals surface area contributed by atoms with E-state index in [0.717, 1.165) is 29.1 Å².